The number of piperazine rings is 1. The molecule has 1 aromatic carbocycles. The van der Waals surface area contributed by atoms with Crippen LogP contribution in [0.25, 0.3) is 5.69 Å². The summed E-state index contributed by atoms with van der Waals surface area (Å²) >= 11 is 0. The second kappa shape index (κ2) is 8.03. The first-order valence-electron chi connectivity index (χ1n) is 10.2. The van der Waals surface area contributed by atoms with Crippen LogP contribution in [0.1, 0.15) is 28.2 Å². The van der Waals surface area contributed by atoms with Crippen molar-refractivity contribution in [1.29, 1.82) is 0 Å². The molecule has 2 fully saturated rings. The van der Waals surface area contributed by atoms with E-state index in [0.29, 0.717) is 5.56 Å². The molecule has 1 amide bonds. The predicted octanol–water partition coefficient (Wildman–Crippen LogP) is 0.764. The average Bonchev–Trinajstić information content (AvgIpc) is 3.28. The van der Waals surface area contributed by atoms with Crippen LogP contribution < -0.4 is 0 Å². The molecule has 2 aliphatic heterocycles. The number of benzene rings is 1. The van der Waals surface area contributed by atoms with Crippen LogP contribution in [0.4, 0.5) is 0 Å². The van der Waals surface area contributed by atoms with Crippen molar-refractivity contribution in [3.8, 4) is 5.69 Å². The lowest BCUT2D eigenvalue weighted by molar-refractivity contribution is 0.0697. The van der Waals surface area contributed by atoms with Gasteiger partial charge in [-0.25, -0.2) is 21.5 Å². The molecule has 0 bridgehead atoms. The molecule has 0 radical (unpaired) electrons. The number of nitrogens with zero attached hydrogens (tertiary/aromatic N) is 4. The Morgan fingerprint density at radius 1 is 1.06 bits per heavy atom. The number of rotatable bonds is 4. The lowest BCUT2D eigenvalue weighted by Gasteiger charge is -2.35. The van der Waals surface area contributed by atoms with Gasteiger partial charge in [0, 0.05) is 37.4 Å². The van der Waals surface area contributed by atoms with Crippen molar-refractivity contribution < 1.29 is 21.6 Å². The Bertz CT molecular complexity index is 1190. The molecule has 0 saturated carbocycles. The van der Waals surface area contributed by atoms with Gasteiger partial charge in [0.15, 0.2) is 9.84 Å². The molecule has 0 spiro atoms. The van der Waals surface area contributed by atoms with Crippen molar-refractivity contribution in [1.82, 2.24) is 19.0 Å². The first kappa shape index (κ1) is 22.0. The average molecular weight is 467 g/mol. The van der Waals surface area contributed by atoms with Gasteiger partial charge >= 0.3 is 0 Å². The van der Waals surface area contributed by atoms with Crippen LogP contribution in [0, 0.1) is 13.8 Å². The summed E-state index contributed by atoms with van der Waals surface area (Å²) in [6, 6.07) is 9.16. The van der Waals surface area contributed by atoms with Gasteiger partial charge < -0.3 is 4.90 Å². The second-order valence-corrected chi connectivity index (χ2v) is 12.6. The van der Waals surface area contributed by atoms with Gasteiger partial charge in [0.05, 0.1) is 28.1 Å². The summed E-state index contributed by atoms with van der Waals surface area (Å²) in [5, 5.41) is 3.57. The van der Waals surface area contributed by atoms with Gasteiger partial charge in [-0.2, -0.15) is 9.40 Å². The first-order valence-corrected chi connectivity index (χ1v) is 13.5. The third-order valence-corrected chi connectivity index (χ3v) is 10.2. The molecule has 9 nitrogen and oxygen atoms in total. The Morgan fingerprint density at radius 3 is 2.23 bits per heavy atom. The lowest BCUT2D eigenvalue weighted by Crippen LogP contribution is -2.52. The van der Waals surface area contributed by atoms with E-state index >= 15 is 0 Å². The molecular formula is C20H26N4O5S2. The third-order valence-electron chi connectivity index (χ3n) is 5.87. The topological polar surface area (TPSA) is 110 Å². The second-order valence-electron chi connectivity index (χ2n) is 8.15. The maximum atomic E-state index is 12.9. The van der Waals surface area contributed by atoms with E-state index in [1.165, 1.54) is 4.31 Å². The molecule has 1 aromatic heterocycles. The zero-order chi connectivity index (χ0) is 22.4. The molecule has 11 heteroatoms. The van der Waals surface area contributed by atoms with Crippen LogP contribution >= 0.6 is 0 Å². The summed E-state index contributed by atoms with van der Waals surface area (Å²) in [6.07, 6.45) is 0.144. The van der Waals surface area contributed by atoms with Crippen molar-refractivity contribution in [2.45, 2.75) is 25.5 Å². The van der Waals surface area contributed by atoms with Crippen LogP contribution in [0.15, 0.2) is 30.3 Å². The highest BCUT2D eigenvalue weighted by molar-refractivity contribution is 7.95. The quantitative estimate of drug-likeness (QED) is 0.658. The molecule has 168 valence electrons. The number of aromatic nitrogens is 2. The monoisotopic (exact) mass is 466 g/mol. The van der Waals surface area contributed by atoms with Crippen molar-refractivity contribution in [2.24, 2.45) is 0 Å². The van der Waals surface area contributed by atoms with E-state index in [1.807, 2.05) is 36.7 Å². The number of hydrogen-bond donors (Lipinski definition) is 0. The van der Waals surface area contributed by atoms with Gasteiger partial charge in [-0.3, -0.25) is 4.79 Å². The summed E-state index contributed by atoms with van der Waals surface area (Å²) in [5.41, 5.74) is 3.32. The fourth-order valence-electron chi connectivity index (χ4n) is 4.17. The summed E-state index contributed by atoms with van der Waals surface area (Å²) in [6.45, 7) is 4.79. The van der Waals surface area contributed by atoms with E-state index in [1.54, 1.807) is 17.0 Å². The van der Waals surface area contributed by atoms with Gasteiger partial charge in [-0.1, -0.05) is 0 Å². The molecule has 2 saturated heterocycles. The van der Waals surface area contributed by atoms with Gasteiger partial charge in [-0.05, 0) is 50.6 Å². The van der Waals surface area contributed by atoms with Crippen LogP contribution in [-0.2, 0) is 19.9 Å². The Morgan fingerprint density at radius 2 is 1.71 bits per heavy atom. The molecule has 0 aliphatic carbocycles. The van der Waals surface area contributed by atoms with E-state index in [2.05, 4.69) is 5.10 Å². The maximum Gasteiger partial charge on any atom is 0.253 e. The summed E-state index contributed by atoms with van der Waals surface area (Å²) in [5.74, 6) is -0.542. The number of carbonyl (C=O) groups excluding carboxylic acids is 1. The van der Waals surface area contributed by atoms with E-state index in [-0.39, 0.29) is 50.0 Å². The fraction of sp³-hybridized carbons (Fsp3) is 0.500. The zero-order valence-corrected chi connectivity index (χ0v) is 19.2. The summed E-state index contributed by atoms with van der Waals surface area (Å²) < 4.78 is 52.0. The Balaban J connectivity index is 1.40. The number of carbonyl (C=O) groups is 1. The molecule has 2 aliphatic rings. The van der Waals surface area contributed by atoms with Gasteiger partial charge in [-0.15, -0.1) is 0 Å². The number of aryl methyl sites for hydroxylation is 2. The normalized spacial score (nSPS) is 22.0. The minimum Gasteiger partial charge on any atom is -0.336 e. The molecule has 31 heavy (non-hydrogen) atoms. The number of hydrogen-bond acceptors (Lipinski definition) is 6. The predicted molar refractivity (Wildman–Crippen MR) is 116 cm³/mol. The summed E-state index contributed by atoms with van der Waals surface area (Å²) in [4.78, 5) is 14.5. The zero-order valence-electron chi connectivity index (χ0n) is 17.6. The largest absolute Gasteiger partial charge is 0.336 e. The van der Waals surface area contributed by atoms with Crippen LogP contribution in [0.3, 0.4) is 0 Å². The van der Waals surface area contributed by atoms with Gasteiger partial charge in [0.2, 0.25) is 10.0 Å². The maximum absolute atomic E-state index is 12.9. The minimum absolute atomic E-state index is 0.0804. The lowest BCUT2D eigenvalue weighted by atomic mass is 10.1. The summed E-state index contributed by atoms with van der Waals surface area (Å²) in [7, 11) is -6.96. The van der Waals surface area contributed by atoms with Gasteiger partial charge in [0.25, 0.3) is 5.91 Å². The Kier molecular flexibility index (Phi) is 5.69. The number of sulfone groups is 1. The minimum atomic E-state index is -3.68. The molecule has 1 unspecified atom stereocenters. The molecule has 3 heterocycles. The third kappa shape index (κ3) is 4.39. The van der Waals surface area contributed by atoms with Crippen molar-refractivity contribution in [3.05, 3.63) is 47.3 Å². The van der Waals surface area contributed by atoms with Crippen molar-refractivity contribution >= 4 is 25.8 Å². The standard InChI is InChI=1S/C20H26N4O5S2/c1-15-13-16(2)24(21-15)18-5-3-17(4-6-18)20(25)22-8-10-23(11-9-22)31(28,29)19-7-12-30(26,27)14-19/h3-6,13,19H,7-12,14H2,1-2H3. The fourth-order valence-corrected chi connectivity index (χ4v) is 8.68. The van der Waals surface area contributed by atoms with Crippen LogP contribution in [0.5, 0.6) is 0 Å². The van der Waals surface area contributed by atoms with E-state index in [4.69, 9.17) is 0 Å². The molecule has 1 atom stereocenters. The highest BCUT2D eigenvalue weighted by Gasteiger charge is 2.41. The van der Waals surface area contributed by atoms with Crippen LogP contribution in [0.2, 0.25) is 0 Å². The van der Waals surface area contributed by atoms with Gasteiger partial charge in [0.1, 0.15) is 0 Å². The Labute approximate surface area is 182 Å². The Hall–Kier alpha value is -2.24. The van der Waals surface area contributed by atoms with Crippen molar-refractivity contribution in [2.75, 3.05) is 37.7 Å². The van der Waals surface area contributed by atoms with Crippen molar-refractivity contribution in [3.63, 3.8) is 0 Å². The number of amides is 1. The highest BCUT2D eigenvalue weighted by Crippen LogP contribution is 2.23. The molecule has 0 N–H and O–H groups in total. The van der Waals surface area contributed by atoms with E-state index < -0.39 is 25.1 Å². The van der Waals surface area contributed by atoms with E-state index in [0.717, 1.165) is 17.1 Å². The van der Waals surface area contributed by atoms with E-state index in [9.17, 15) is 21.6 Å². The molecule has 4 rings (SSSR count). The van der Waals surface area contributed by atoms with Crippen LogP contribution in [-0.4, -0.2) is 84.7 Å². The highest BCUT2D eigenvalue weighted by atomic mass is 32.2. The smallest absolute Gasteiger partial charge is 0.253 e. The SMILES string of the molecule is Cc1cc(C)n(-c2ccc(C(=O)N3CCN(S(=O)(=O)C4CCS(=O)(=O)C4)CC3)cc2)n1. The number of sulfonamides is 1. The molecule has 2 aromatic rings. The first-order chi connectivity index (χ1) is 14.6. The molecular weight excluding hydrogens is 440 g/mol.